The molecule has 1 saturated heterocycles. The molecule has 0 unspecified atom stereocenters. The fourth-order valence-corrected chi connectivity index (χ4v) is 5.35. The smallest absolute Gasteiger partial charge is 0.245 e. The van der Waals surface area contributed by atoms with Crippen LogP contribution in [0.4, 0.5) is 5.69 Å². The molecule has 1 aliphatic heterocycles. The molecular weight excluding hydrogens is 396 g/mol. The molecule has 1 amide bonds. The largest absolute Gasteiger partial charge is 0.325 e. The van der Waals surface area contributed by atoms with Crippen LogP contribution in [0.15, 0.2) is 83.8 Å². The Balaban J connectivity index is 1.47. The topological polar surface area (TPSA) is 66.5 Å². The number of sulfonamides is 1. The van der Waals surface area contributed by atoms with E-state index in [1.807, 2.05) is 54.6 Å². The van der Waals surface area contributed by atoms with Gasteiger partial charge in [-0.3, -0.25) is 4.79 Å². The van der Waals surface area contributed by atoms with Gasteiger partial charge in [-0.05, 0) is 41.7 Å². The molecule has 0 saturated carbocycles. The van der Waals surface area contributed by atoms with Crippen molar-refractivity contribution in [1.29, 1.82) is 0 Å². The first-order valence-corrected chi connectivity index (χ1v) is 11.5. The molecule has 1 N–H and O–H groups in total. The van der Waals surface area contributed by atoms with Gasteiger partial charge in [0.2, 0.25) is 15.9 Å². The summed E-state index contributed by atoms with van der Waals surface area (Å²) in [6.45, 7) is 1.05. The number of nitrogens with one attached hydrogen (secondary N) is 1. The van der Waals surface area contributed by atoms with E-state index in [1.54, 1.807) is 24.3 Å². The average molecular weight is 421 g/mol. The molecule has 5 nitrogen and oxygen atoms in total. The van der Waals surface area contributed by atoms with Crippen molar-refractivity contribution >= 4 is 21.6 Å². The molecule has 0 bridgehead atoms. The van der Waals surface area contributed by atoms with Crippen LogP contribution in [0.5, 0.6) is 0 Å². The molecule has 30 heavy (non-hydrogen) atoms. The quantitative estimate of drug-likeness (QED) is 0.646. The molecule has 0 spiro atoms. The van der Waals surface area contributed by atoms with Gasteiger partial charge in [0, 0.05) is 13.1 Å². The minimum absolute atomic E-state index is 0.152. The van der Waals surface area contributed by atoms with Gasteiger partial charge in [0.05, 0.1) is 12.1 Å². The average Bonchev–Trinajstić information content (AvgIpc) is 3.31. The number of hydrogen-bond acceptors (Lipinski definition) is 3. The highest BCUT2D eigenvalue weighted by atomic mass is 32.2. The van der Waals surface area contributed by atoms with Crippen LogP contribution in [0.25, 0.3) is 11.1 Å². The van der Waals surface area contributed by atoms with E-state index in [4.69, 9.17) is 0 Å². The van der Waals surface area contributed by atoms with Crippen LogP contribution < -0.4 is 5.32 Å². The lowest BCUT2D eigenvalue weighted by Crippen LogP contribution is -2.29. The van der Waals surface area contributed by atoms with Crippen molar-refractivity contribution in [3.63, 3.8) is 0 Å². The van der Waals surface area contributed by atoms with Gasteiger partial charge in [-0.2, -0.15) is 4.31 Å². The van der Waals surface area contributed by atoms with Crippen LogP contribution in [0, 0.1) is 0 Å². The van der Waals surface area contributed by atoms with Crippen LogP contribution in [0.3, 0.4) is 0 Å². The standard InChI is InChI=1S/C24H24N2O3S/c27-24(18-19-12-14-21(15-13-19)20-8-2-1-3-9-20)25-22-10-4-5-11-23(22)30(28,29)26-16-6-7-17-26/h1-5,8-15H,6-7,16-18H2,(H,25,27). The lowest BCUT2D eigenvalue weighted by Gasteiger charge is -2.18. The van der Waals surface area contributed by atoms with Gasteiger partial charge in [-0.15, -0.1) is 0 Å². The minimum Gasteiger partial charge on any atom is -0.325 e. The van der Waals surface area contributed by atoms with Crippen molar-refractivity contribution < 1.29 is 13.2 Å². The molecule has 4 rings (SSSR count). The predicted octanol–water partition coefficient (Wildman–Crippen LogP) is 4.32. The third-order valence-corrected chi connectivity index (χ3v) is 7.23. The van der Waals surface area contributed by atoms with Crippen molar-refractivity contribution in [3.8, 4) is 11.1 Å². The summed E-state index contributed by atoms with van der Waals surface area (Å²) in [5, 5.41) is 2.79. The number of rotatable bonds is 6. The van der Waals surface area contributed by atoms with E-state index in [-0.39, 0.29) is 17.2 Å². The monoisotopic (exact) mass is 420 g/mol. The lowest BCUT2D eigenvalue weighted by molar-refractivity contribution is -0.115. The van der Waals surface area contributed by atoms with Crippen molar-refractivity contribution in [2.45, 2.75) is 24.2 Å². The summed E-state index contributed by atoms with van der Waals surface area (Å²) in [6.07, 6.45) is 1.91. The maximum atomic E-state index is 12.9. The third-order valence-electron chi connectivity index (χ3n) is 5.27. The second kappa shape index (κ2) is 8.81. The highest BCUT2D eigenvalue weighted by Gasteiger charge is 2.29. The highest BCUT2D eigenvalue weighted by molar-refractivity contribution is 7.89. The summed E-state index contributed by atoms with van der Waals surface area (Å²) in [4.78, 5) is 12.8. The number of carbonyl (C=O) groups excluding carboxylic acids is 1. The zero-order valence-corrected chi connectivity index (χ0v) is 17.4. The van der Waals surface area contributed by atoms with Crippen molar-refractivity contribution in [2.75, 3.05) is 18.4 Å². The Morgan fingerprint density at radius 1 is 0.800 bits per heavy atom. The molecule has 3 aromatic rings. The molecule has 3 aromatic carbocycles. The van der Waals surface area contributed by atoms with E-state index in [0.717, 1.165) is 29.5 Å². The first-order valence-electron chi connectivity index (χ1n) is 10.1. The Hall–Kier alpha value is -2.96. The predicted molar refractivity (Wildman–Crippen MR) is 119 cm³/mol. The Bertz CT molecular complexity index is 1120. The molecule has 0 aromatic heterocycles. The van der Waals surface area contributed by atoms with Crippen LogP contribution in [0.2, 0.25) is 0 Å². The van der Waals surface area contributed by atoms with Crippen LogP contribution in [-0.2, 0) is 21.2 Å². The molecule has 0 aliphatic carbocycles. The van der Waals surface area contributed by atoms with E-state index in [9.17, 15) is 13.2 Å². The summed E-state index contributed by atoms with van der Waals surface area (Å²) in [5.41, 5.74) is 3.40. The Morgan fingerprint density at radius 2 is 1.40 bits per heavy atom. The van der Waals surface area contributed by atoms with Gasteiger partial charge in [0.15, 0.2) is 0 Å². The van der Waals surface area contributed by atoms with Gasteiger partial charge >= 0.3 is 0 Å². The van der Waals surface area contributed by atoms with Gasteiger partial charge in [0.25, 0.3) is 0 Å². The van der Waals surface area contributed by atoms with E-state index in [1.165, 1.54) is 4.31 Å². The lowest BCUT2D eigenvalue weighted by atomic mass is 10.0. The number of anilines is 1. The summed E-state index contributed by atoms with van der Waals surface area (Å²) < 4.78 is 27.4. The van der Waals surface area contributed by atoms with Gasteiger partial charge in [0.1, 0.15) is 4.90 Å². The highest BCUT2D eigenvalue weighted by Crippen LogP contribution is 2.27. The van der Waals surface area contributed by atoms with Crippen molar-refractivity contribution in [3.05, 3.63) is 84.4 Å². The zero-order chi connectivity index (χ0) is 21.0. The number of para-hydroxylation sites is 1. The Kier molecular flexibility index (Phi) is 5.97. The summed E-state index contributed by atoms with van der Waals surface area (Å²) in [6, 6.07) is 24.5. The normalized spacial score (nSPS) is 14.5. The van der Waals surface area contributed by atoms with Gasteiger partial charge in [-0.25, -0.2) is 8.42 Å². The van der Waals surface area contributed by atoms with Crippen LogP contribution in [0.1, 0.15) is 18.4 Å². The molecule has 1 fully saturated rings. The van der Waals surface area contributed by atoms with Gasteiger partial charge in [-0.1, -0.05) is 66.7 Å². The molecule has 1 aliphatic rings. The molecule has 0 atom stereocenters. The summed E-state index contributed by atoms with van der Waals surface area (Å²) in [5.74, 6) is -0.244. The van der Waals surface area contributed by atoms with Crippen LogP contribution in [-0.4, -0.2) is 31.7 Å². The fourth-order valence-electron chi connectivity index (χ4n) is 3.69. The summed E-state index contributed by atoms with van der Waals surface area (Å²) in [7, 11) is -3.61. The number of nitrogens with zero attached hydrogens (tertiary/aromatic N) is 1. The van der Waals surface area contributed by atoms with Gasteiger partial charge < -0.3 is 5.32 Å². The fraction of sp³-hybridized carbons (Fsp3) is 0.208. The second-order valence-electron chi connectivity index (χ2n) is 7.40. The first kappa shape index (κ1) is 20.3. The molecule has 6 heteroatoms. The minimum atomic E-state index is -3.61. The van der Waals surface area contributed by atoms with Crippen LogP contribution >= 0.6 is 0 Å². The summed E-state index contributed by atoms with van der Waals surface area (Å²) >= 11 is 0. The van der Waals surface area contributed by atoms with Crippen molar-refractivity contribution in [1.82, 2.24) is 4.31 Å². The zero-order valence-electron chi connectivity index (χ0n) is 16.6. The maximum Gasteiger partial charge on any atom is 0.245 e. The molecule has 154 valence electrons. The molecule has 0 radical (unpaired) electrons. The van der Waals surface area contributed by atoms with Crippen molar-refractivity contribution in [2.24, 2.45) is 0 Å². The number of hydrogen-bond donors (Lipinski definition) is 1. The molecule has 1 heterocycles. The maximum absolute atomic E-state index is 12.9. The number of benzene rings is 3. The van der Waals surface area contributed by atoms with E-state index >= 15 is 0 Å². The second-order valence-corrected chi connectivity index (χ2v) is 9.30. The Labute approximate surface area is 177 Å². The number of amides is 1. The molecular formula is C24H24N2O3S. The first-order chi connectivity index (χ1) is 14.5. The van der Waals surface area contributed by atoms with E-state index in [0.29, 0.717) is 18.8 Å². The SMILES string of the molecule is O=C(Cc1ccc(-c2ccccc2)cc1)Nc1ccccc1S(=O)(=O)N1CCCC1. The number of carbonyl (C=O) groups is 1. The third kappa shape index (κ3) is 4.45. The van der Waals surface area contributed by atoms with E-state index in [2.05, 4.69) is 5.32 Å². The van der Waals surface area contributed by atoms with E-state index < -0.39 is 10.0 Å². The Morgan fingerprint density at radius 3 is 2.10 bits per heavy atom.